The number of nitro benzene ring substituents is 1. The number of imidazole rings is 1. The fourth-order valence-electron chi connectivity index (χ4n) is 1.79. The van der Waals surface area contributed by atoms with E-state index in [4.69, 9.17) is 4.74 Å². The average Bonchev–Trinajstić information content (AvgIpc) is 2.79. The lowest BCUT2D eigenvalue weighted by atomic mass is 10.3. The molecule has 0 aliphatic rings. The Morgan fingerprint density at radius 2 is 2.30 bits per heavy atom. The van der Waals surface area contributed by atoms with Crippen molar-refractivity contribution in [2.24, 2.45) is 0 Å². The lowest BCUT2D eigenvalue weighted by Crippen LogP contribution is -2.24. The molecule has 0 spiro atoms. The predicted molar refractivity (Wildman–Crippen MR) is 76.0 cm³/mol. The first-order valence-electron chi connectivity index (χ1n) is 6.56. The molecule has 0 aliphatic heterocycles. The van der Waals surface area contributed by atoms with Gasteiger partial charge in [-0.1, -0.05) is 13.8 Å². The molecule has 0 fully saturated rings. The zero-order valence-corrected chi connectivity index (χ0v) is 11.5. The molecule has 2 rings (SSSR count). The summed E-state index contributed by atoms with van der Waals surface area (Å²) in [5.41, 5.74) is 1.30. The molecule has 7 nitrogen and oxygen atoms in total. The average molecular weight is 278 g/mol. The molecule has 7 heteroatoms. The van der Waals surface area contributed by atoms with Gasteiger partial charge in [0.15, 0.2) is 0 Å². The van der Waals surface area contributed by atoms with Gasteiger partial charge in [-0.3, -0.25) is 10.1 Å². The van der Waals surface area contributed by atoms with Crippen LogP contribution in [0.5, 0.6) is 6.01 Å². The molecule has 2 N–H and O–H groups in total. The van der Waals surface area contributed by atoms with E-state index in [1.165, 1.54) is 12.1 Å². The second-order valence-corrected chi connectivity index (χ2v) is 4.81. The van der Waals surface area contributed by atoms with Crippen molar-refractivity contribution >= 4 is 16.7 Å². The largest absolute Gasteiger partial charge is 0.465 e. The molecule has 1 aromatic carbocycles. The molecule has 0 amide bonds. The van der Waals surface area contributed by atoms with E-state index in [9.17, 15) is 10.1 Å². The van der Waals surface area contributed by atoms with Crippen LogP contribution < -0.4 is 10.1 Å². The summed E-state index contributed by atoms with van der Waals surface area (Å²) < 4.78 is 5.50. The summed E-state index contributed by atoms with van der Waals surface area (Å²) in [4.78, 5) is 17.4. The first-order chi connectivity index (χ1) is 9.56. The first kappa shape index (κ1) is 14.3. The van der Waals surface area contributed by atoms with Crippen molar-refractivity contribution in [3.63, 3.8) is 0 Å². The summed E-state index contributed by atoms with van der Waals surface area (Å²) >= 11 is 0. The molecule has 20 heavy (non-hydrogen) atoms. The van der Waals surface area contributed by atoms with Crippen LogP contribution in [-0.2, 0) is 0 Å². The number of rotatable bonds is 7. The minimum Gasteiger partial charge on any atom is -0.465 e. The first-order valence-corrected chi connectivity index (χ1v) is 6.56. The van der Waals surface area contributed by atoms with Crippen LogP contribution >= 0.6 is 0 Å². The van der Waals surface area contributed by atoms with Crippen molar-refractivity contribution in [3.05, 3.63) is 28.3 Å². The summed E-state index contributed by atoms with van der Waals surface area (Å²) in [6, 6.07) is 5.35. The van der Waals surface area contributed by atoms with Gasteiger partial charge in [0.2, 0.25) is 0 Å². The van der Waals surface area contributed by atoms with Gasteiger partial charge >= 0.3 is 0 Å². The summed E-state index contributed by atoms with van der Waals surface area (Å²) in [7, 11) is 0. The van der Waals surface area contributed by atoms with E-state index in [0.717, 1.165) is 13.0 Å². The molecule has 0 saturated carbocycles. The summed E-state index contributed by atoms with van der Waals surface area (Å²) in [6.45, 7) is 5.60. The SMILES string of the molecule is CC(C)NCCCOc1nc2ccc([N+](=O)[O-])cc2[nH]1. The Morgan fingerprint density at radius 1 is 1.50 bits per heavy atom. The molecular formula is C13H18N4O3. The third-order valence-corrected chi connectivity index (χ3v) is 2.77. The van der Waals surface area contributed by atoms with Crippen LogP contribution in [-0.4, -0.2) is 34.1 Å². The van der Waals surface area contributed by atoms with Gasteiger partial charge in [0, 0.05) is 18.2 Å². The van der Waals surface area contributed by atoms with E-state index in [1.54, 1.807) is 6.07 Å². The lowest BCUT2D eigenvalue weighted by Gasteiger charge is -2.07. The zero-order chi connectivity index (χ0) is 14.5. The molecular weight excluding hydrogens is 260 g/mol. The Labute approximate surface area is 116 Å². The number of aromatic nitrogens is 2. The van der Waals surface area contributed by atoms with Gasteiger partial charge in [-0.25, -0.2) is 0 Å². The number of hydrogen-bond donors (Lipinski definition) is 2. The summed E-state index contributed by atoms with van der Waals surface area (Å²) in [5, 5.41) is 14.0. The number of nitro groups is 1. The number of nitrogens with zero attached hydrogens (tertiary/aromatic N) is 2. The molecule has 0 radical (unpaired) electrons. The third kappa shape index (κ3) is 3.67. The smallest absolute Gasteiger partial charge is 0.294 e. The minimum atomic E-state index is -0.432. The van der Waals surface area contributed by atoms with Crippen molar-refractivity contribution in [3.8, 4) is 6.01 Å². The van der Waals surface area contributed by atoms with Gasteiger partial charge in [-0.05, 0) is 19.0 Å². The lowest BCUT2D eigenvalue weighted by molar-refractivity contribution is -0.384. The minimum absolute atomic E-state index is 0.0360. The van der Waals surface area contributed by atoms with E-state index in [2.05, 4.69) is 29.1 Å². The van der Waals surface area contributed by atoms with Crippen LogP contribution in [0.1, 0.15) is 20.3 Å². The van der Waals surface area contributed by atoms with E-state index in [0.29, 0.717) is 29.7 Å². The molecule has 0 unspecified atom stereocenters. The van der Waals surface area contributed by atoms with Crippen LogP contribution in [0.25, 0.3) is 11.0 Å². The normalized spacial score (nSPS) is 11.2. The number of H-pyrrole nitrogens is 1. The quantitative estimate of drug-likeness (QED) is 0.460. The van der Waals surface area contributed by atoms with Crippen LogP contribution in [0.2, 0.25) is 0 Å². The molecule has 108 valence electrons. The Bertz CT molecular complexity index is 594. The van der Waals surface area contributed by atoms with Gasteiger partial charge < -0.3 is 15.0 Å². The van der Waals surface area contributed by atoms with Crippen LogP contribution in [0, 0.1) is 10.1 Å². The second kappa shape index (κ2) is 6.33. The van der Waals surface area contributed by atoms with Gasteiger partial charge in [0.05, 0.1) is 22.6 Å². The third-order valence-electron chi connectivity index (χ3n) is 2.77. The van der Waals surface area contributed by atoms with Crippen molar-refractivity contribution in [1.29, 1.82) is 0 Å². The van der Waals surface area contributed by atoms with Gasteiger partial charge in [0.25, 0.3) is 11.7 Å². The maximum atomic E-state index is 10.7. The van der Waals surface area contributed by atoms with Crippen molar-refractivity contribution in [1.82, 2.24) is 15.3 Å². The van der Waals surface area contributed by atoms with E-state index in [1.807, 2.05) is 0 Å². The Morgan fingerprint density at radius 3 is 3.00 bits per heavy atom. The molecule has 0 saturated heterocycles. The fourth-order valence-corrected chi connectivity index (χ4v) is 1.79. The Kier molecular flexibility index (Phi) is 4.52. The van der Waals surface area contributed by atoms with Crippen LogP contribution in [0.15, 0.2) is 18.2 Å². The van der Waals surface area contributed by atoms with Crippen molar-refractivity contribution in [2.75, 3.05) is 13.2 Å². The number of hydrogen-bond acceptors (Lipinski definition) is 5. The molecule has 1 heterocycles. The Hall–Kier alpha value is -2.15. The molecule has 2 aromatic rings. The zero-order valence-electron chi connectivity index (χ0n) is 11.5. The molecule has 1 aromatic heterocycles. The molecule has 0 aliphatic carbocycles. The molecule has 0 atom stereocenters. The number of ether oxygens (including phenoxy) is 1. The standard InChI is InChI=1S/C13H18N4O3/c1-9(2)14-6-3-7-20-13-15-11-5-4-10(17(18)19)8-12(11)16-13/h4-5,8-9,14H,3,6-7H2,1-2H3,(H,15,16). The topological polar surface area (TPSA) is 93.1 Å². The highest BCUT2D eigenvalue weighted by Gasteiger charge is 2.09. The number of benzene rings is 1. The monoisotopic (exact) mass is 278 g/mol. The summed E-state index contributed by atoms with van der Waals surface area (Å²) in [5.74, 6) is 0. The maximum Gasteiger partial charge on any atom is 0.294 e. The Balaban J connectivity index is 1.93. The number of nitrogens with one attached hydrogen (secondary N) is 2. The molecule has 0 bridgehead atoms. The van der Waals surface area contributed by atoms with E-state index in [-0.39, 0.29) is 5.69 Å². The highest BCUT2D eigenvalue weighted by molar-refractivity contribution is 5.78. The van der Waals surface area contributed by atoms with Gasteiger partial charge in [-0.2, -0.15) is 4.98 Å². The highest BCUT2D eigenvalue weighted by Crippen LogP contribution is 2.21. The van der Waals surface area contributed by atoms with Crippen LogP contribution in [0.3, 0.4) is 0 Å². The van der Waals surface area contributed by atoms with Crippen LogP contribution in [0.4, 0.5) is 5.69 Å². The van der Waals surface area contributed by atoms with Crippen molar-refractivity contribution < 1.29 is 9.66 Å². The van der Waals surface area contributed by atoms with E-state index >= 15 is 0 Å². The number of aromatic amines is 1. The van der Waals surface area contributed by atoms with E-state index < -0.39 is 4.92 Å². The summed E-state index contributed by atoms with van der Waals surface area (Å²) in [6.07, 6.45) is 0.870. The maximum absolute atomic E-state index is 10.7. The highest BCUT2D eigenvalue weighted by atomic mass is 16.6. The fraction of sp³-hybridized carbons (Fsp3) is 0.462. The number of non-ortho nitro benzene ring substituents is 1. The predicted octanol–water partition coefficient (Wildman–Crippen LogP) is 2.24. The van der Waals surface area contributed by atoms with Gasteiger partial charge in [0.1, 0.15) is 0 Å². The van der Waals surface area contributed by atoms with Crippen molar-refractivity contribution in [2.45, 2.75) is 26.3 Å². The number of fused-ring (bicyclic) bond motifs is 1. The second-order valence-electron chi connectivity index (χ2n) is 4.81. The van der Waals surface area contributed by atoms with Gasteiger partial charge in [-0.15, -0.1) is 0 Å².